The van der Waals surface area contributed by atoms with Crippen LogP contribution < -0.4 is 5.73 Å². The first kappa shape index (κ1) is 11.5. The van der Waals surface area contributed by atoms with Crippen LogP contribution in [-0.2, 0) is 12.8 Å². The molecule has 2 aromatic heterocycles. The van der Waals surface area contributed by atoms with Crippen LogP contribution in [-0.4, -0.2) is 15.0 Å². The number of aryl methyl sites for hydroxylation is 2. The van der Waals surface area contributed by atoms with Gasteiger partial charge in [0, 0.05) is 24.5 Å². The van der Waals surface area contributed by atoms with E-state index in [-0.39, 0.29) is 0 Å². The quantitative estimate of drug-likeness (QED) is 0.871. The number of nitrogen functional groups attached to an aromatic ring is 1. The summed E-state index contributed by atoms with van der Waals surface area (Å²) in [5.74, 6) is 0.316. The lowest BCUT2D eigenvalue weighted by Gasteiger charge is -2.05. The van der Waals surface area contributed by atoms with Gasteiger partial charge < -0.3 is 5.73 Å². The highest BCUT2D eigenvalue weighted by atomic mass is 15.0. The first-order chi connectivity index (χ1) is 8.19. The van der Waals surface area contributed by atoms with Crippen molar-refractivity contribution in [1.29, 1.82) is 0 Å². The number of nitrogens with two attached hydrogens (primary N) is 1. The Labute approximate surface area is 101 Å². The molecule has 0 radical (unpaired) electrons. The van der Waals surface area contributed by atoms with Gasteiger partial charge in [-0.1, -0.05) is 13.0 Å². The van der Waals surface area contributed by atoms with E-state index in [1.54, 1.807) is 6.20 Å². The molecule has 0 saturated heterocycles. The molecule has 4 heteroatoms. The third-order valence-electron chi connectivity index (χ3n) is 2.74. The fourth-order valence-corrected chi connectivity index (χ4v) is 1.61. The van der Waals surface area contributed by atoms with E-state index in [1.165, 1.54) is 5.56 Å². The molecule has 88 valence electrons. The minimum Gasteiger partial charge on any atom is -0.368 e. The number of nitrogens with zero attached hydrogens (tertiary/aromatic N) is 3. The molecule has 0 saturated carbocycles. The molecular formula is C13H16N4. The molecule has 2 rings (SSSR count). The Hall–Kier alpha value is -1.97. The second kappa shape index (κ2) is 4.91. The highest BCUT2D eigenvalue weighted by Crippen LogP contribution is 2.11. The minimum atomic E-state index is 0.316. The topological polar surface area (TPSA) is 64.7 Å². The van der Waals surface area contributed by atoms with Gasteiger partial charge in [-0.2, -0.15) is 0 Å². The summed E-state index contributed by atoms with van der Waals surface area (Å²) >= 11 is 0. The maximum absolute atomic E-state index is 5.58. The molecule has 17 heavy (non-hydrogen) atoms. The minimum absolute atomic E-state index is 0.316. The van der Waals surface area contributed by atoms with Crippen molar-refractivity contribution in [2.24, 2.45) is 0 Å². The molecule has 0 aliphatic heterocycles. The van der Waals surface area contributed by atoms with Crippen molar-refractivity contribution < 1.29 is 0 Å². The normalized spacial score (nSPS) is 10.5. The van der Waals surface area contributed by atoms with E-state index >= 15 is 0 Å². The molecule has 0 unspecified atom stereocenters. The molecule has 0 amide bonds. The van der Waals surface area contributed by atoms with E-state index in [4.69, 9.17) is 5.73 Å². The van der Waals surface area contributed by atoms with Gasteiger partial charge in [0.05, 0.1) is 5.69 Å². The van der Waals surface area contributed by atoms with Crippen LogP contribution >= 0.6 is 0 Å². The predicted octanol–water partition coefficient (Wildman–Crippen LogP) is 1.92. The maximum atomic E-state index is 5.58. The summed E-state index contributed by atoms with van der Waals surface area (Å²) in [6, 6.07) is 4.14. The number of rotatable bonds is 3. The summed E-state index contributed by atoms with van der Waals surface area (Å²) in [6.45, 7) is 4.10. The average Bonchev–Trinajstić information content (AvgIpc) is 2.35. The van der Waals surface area contributed by atoms with Gasteiger partial charge in [-0.05, 0) is 30.5 Å². The number of hydrogen-bond donors (Lipinski definition) is 1. The molecule has 0 bridgehead atoms. The molecule has 2 aromatic rings. The van der Waals surface area contributed by atoms with Gasteiger partial charge >= 0.3 is 0 Å². The van der Waals surface area contributed by atoms with Gasteiger partial charge in [-0.15, -0.1) is 0 Å². The number of hydrogen-bond acceptors (Lipinski definition) is 4. The van der Waals surface area contributed by atoms with Crippen molar-refractivity contribution >= 4 is 5.95 Å². The summed E-state index contributed by atoms with van der Waals surface area (Å²) in [7, 11) is 0. The molecule has 0 atom stereocenters. The van der Waals surface area contributed by atoms with E-state index in [1.807, 2.05) is 19.2 Å². The molecule has 0 aromatic carbocycles. The standard InChI is InChI=1S/C13H16N4/c1-3-10-4-5-11(15-8-10)6-12-9(2)7-16-13(14)17-12/h4-5,7-8H,3,6H2,1-2H3,(H2,14,16,17). The predicted molar refractivity (Wildman–Crippen MR) is 67.6 cm³/mol. The van der Waals surface area contributed by atoms with Crippen molar-refractivity contribution in [2.75, 3.05) is 5.73 Å². The Morgan fingerprint density at radius 1 is 1.18 bits per heavy atom. The van der Waals surface area contributed by atoms with Crippen molar-refractivity contribution in [1.82, 2.24) is 15.0 Å². The lowest BCUT2D eigenvalue weighted by Crippen LogP contribution is -2.03. The Kier molecular flexibility index (Phi) is 3.32. The second-order valence-corrected chi connectivity index (χ2v) is 4.05. The van der Waals surface area contributed by atoms with E-state index in [0.717, 1.165) is 23.4 Å². The third-order valence-corrected chi connectivity index (χ3v) is 2.74. The number of aromatic nitrogens is 3. The van der Waals surface area contributed by atoms with Crippen LogP contribution in [0.5, 0.6) is 0 Å². The summed E-state index contributed by atoms with van der Waals surface area (Å²) in [5.41, 5.74) is 9.81. The molecule has 2 N–H and O–H groups in total. The second-order valence-electron chi connectivity index (χ2n) is 4.05. The van der Waals surface area contributed by atoms with Crippen LogP contribution in [0.3, 0.4) is 0 Å². The Balaban J connectivity index is 2.22. The fourth-order valence-electron chi connectivity index (χ4n) is 1.61. The van der Waals surface area contributed by atoms with Crippen molar-refractivity contribution in [3.8, 4) is 0 Å². The third kappa shape index (κ3) is 2.78. The lowest BCUT2D eigenvalue weighted by molar-refractivity contribution is 0.960. The molecular weight excluding hydrogens is 212 g/mol. The van der Waals surface area contributed by atoms with E-state index < -0.39 is 0 Å². The van der Waals surface area contributed by atoms with Gasteiger partial charge in [-0.25, -0.2) is 9.97 Å². The number of anilines is 1. The van der Waals surface area contributed by atoms with Crippen LogP contribution in [0, 0.1) is 6.92 Å². The Bertz CT molecular complexity index is 505. The van der Waals surface area contributed by atoms with Crippen LogP contribution in [0.15, 0.2) is 24.5 Å². The summed E-state index contributed by atoms with van der Waals surface area (Å²) < 4.78 is 0. The fraction of sp³-hybridized carbons (Fsp3) is 0.308. The smallest absolute Gasteiger partial charge is 0.220 e. The zero-order chi connectivity index (χ0) is 12.3. The van der Waals surface area contributed by atoms with Gasteiger partial charge in [-0.3, -0.25) is 4.98 Å². The summed E-state index contributed by atoms with van der Waals surface area (Å²) in [5, 5.41) is 0. The Morgan fingerprint density at radius 2 is 2.00 bits per heavy atom. The highest BCUT2D eigenvalue weighted by Gasteiger charge is 2.04. The molecule has 0 aliphatic rings. The van der Waals surface area contributed by atoms with E-state index in [0.29, 0.717) is 12.4 Å². The van der Waals surface area contributed by atoms with Crippen molar-refractivity contribution in [2.45, 2.75) is 26.7 Å². The highest BCUT2D eigenvalue weighted by molar-refractivity contribution is 5.28. The van der Waals surface area contributed by atoms with Crippen LogP contribution in [0.4, 0.5) is 5.95 Å². The maximum Gasteiger partial charge on any atom is 0.220 e. The monoisotopic (exact) mass is 228 g/mol. The molecule has 0 fully saturated rings. The first-order valence-electron chi connectivity index (χ1n) is 5.71. The van der Waals surface area contributed by atoms with Gasteiger partial charge in [0.2, 0.25) is 5.95 Å². The average molecular weight is 228 g/mol. The first-order valence-corrected chi connectivity index (χ1v) is 5.71. The van der Waals surface area contributed by atoms with Crippen molar-refractivity contribution in [3.63, 3.8) is 0 Å². The molecule has 2 heterocycles. The van der Waals surface area contributed by atoms with Gasteiger partial charge in [0.1, 0.15) is 0 Å². The Morgan fingerprint density at radius 3 is 2.65 bits per heavy atom. The largest absolute Gasteiger partial charge is 0.368 e. The molecule has 0 spiro atoms. The molecule has 0 aliphatic carbocycles. The van der Waals surface area contributed by atoms with Crippen LogP contribution in [0.2, 0.25) is 0 Å². The SMILES string of the molecule is CCc1ccc(Cc2nc(N)ncc2C)nc1. The lowest BCUT2D eigenvalue weighted by atomic mass is 10.1. The van der Waals surface area contributed by atoms with Crippen molar-refractivity contribution in [3.05, 3.63) is 47.0 Å². The van der Waals surface area contributed by atoms with E-state index in [2.05, 4.69) is 27.9 Å². The number of pyridine rings is 1. The molecule has 4 nitrogen and oxygen atoms in total. The summed E-state index contributed by atoms with van der Waals surface area (Å²) in [6.07, 6.45) is 5.36. The zero-order valence-electron chi connectivity index (χ0n) is 10.1. The van der Waals surface area contributed by atoms with Crippen LogP contribution in [0.25, 0.3) is 0 Å². The summed E-state index contributed by atoms with van der Waals surface area (Å²) in [4.78, 5) is 12.6. The van der Waals surface area contributed by atoms with E-state index in [9.17, 15) is 0 Å². The van der Waals surface area contributed by atoms with Gasteiger partial charge in [0.25, 0.3) is 0 Å². The van der Waals surface area contributed by atoms with Gasteiger partial charge in [0.15, 0.2) is 0 Å². The van der Waals surface area contributed by atoms with Crippen LogP contribution in [0.1, 0.15) is 29.4 Å². The zero-order valence-corrected chi connectivity index (χ0v) is 10.1.